The van der Waals surface area contributed by atoms with E-state index in [0.717, 1.165) is 34.3 Å². The fourth-order valence-corrected chi connectivity index (χ4v) is 6.28. The molecule has 1 aliphatic carbocycles. The summed E-state index contributed by atoms with van der Waals surface area (Å²) in [6.07, 6.45) is 5.84. The lowest BCUT2D eigenvalue weighted by atomic mass is 10.2. The zero-order valence-electron chi connectivity index (χ0n) is 12.6. The second-order valence-electron chi connectivity index (χ2n) is 5.87. The van der Waals surface area contributed by atoms with Gasteiger partial charge in [0.15, 0.2) is 16.3 Å². The van der Waals surface area contributed by atoms with Crippen LogP contribution in [0.25, 0.3) is 10.6 Å². The van der Waals surface area contributed by atoms with Gasteiger partial charge in [-0.3, -0.25) is 3.97 Å². The van der Waals surface area contributed by atoms with Crippen LogP contribution in [0.5, 0.6) is 0 Å². The molecule has 122 valence electrons. The van der Waals surface area contributed by atoms with Crippen molar-refractivity contribution < 1.29 is 5.11 Å². The molecular weight excluding hydrogens is 342 g/mol. The predicted octanol–water partition coefficient (Wildman–Crippen LogP) is 3.31. The minimum Gasteiger partial charge on any atom is -0.375 e. The molecule has 2 unspecified atom stereocenters. The van der Waals surface area contributed by atoms with Crippen molar-refractivity contribution in [2.45, 2.75) is 18.3 Å². The van der Waals surface area contributed by atoms with Crippen LogP contribution in [0, 0.1) is 5.92 Å². The van der Waals surface area contributed by atoms with Crippen molar-refractivity contribution in [2.75, 3.05) is 0 Å². The fraction of sp³-hybridized carbons (Fsp3) is 0.250. The Morgan fingerprint density at radius 1 is 1.21 bits per heavy atom. The molecule has 3 heterocycles. The molecular formula is C16H15N5OS2. The summed E-state index contributed by atoms with van der Waals surface area (Å²) in [5.41, 5.74) is 0.330. The van der Waals surface area contributed by atoms with E-state index < -0.39 is 16.5 Å². The molecule has 1 N–H and O–H groups in total. The number of aliphatic hydroxyl groups is 1. The number of imidazole rings is 1. The third-order valence-electron chi connectivity index (χ3n) is 4.15. The van der Waals surface area contributed by atoms with Gasteiger partial charge in [-0.2, -0.15) is 0 Å². The van der Waals surface area contributed by atoms with Gasteiger partial charge in [-0.05, 0) is 12.8 Å². The van der Waals surface area contributed by atoms with Gasteiger partial charge >= 0.3 is 0 Å². The average Bonchev–Trinajstić information content (AvgIpc) is 3.04. The molecule has 2 aliphatic rings. The number of aromatic nitrogens is 4. The average molecular weight is 357 g/mol. The number of hydrogen-bond acceptors (Lipinski definition) is 6. The van der Waals surface area contributed by atoms with Crippen LogP contribution in [0.1, 0.15) is 23.3 Å². The standard InChI is InChI=1S/C16H15N5OS2/c22-16(14-20-19-13(23-14)10-4-2-1-3-5-10)24-15(11-6-7-11)18-12-8-17-9-21(12)24/h1-5,8-9,11,16,22,24H,6-7H2. The van der Waals surface area contributed by atoms with Crippen LogP contribution in [0.15, 0.2) is 47.8 Å². The van der Waals surface area contributed by atoms with E-state index >= 15 is 0 Å². The summed E-state index contributed by atoms with van der Waals surface area (Å²) in [6.45, 7) is 0. The van der Waals surface area contributed by atoms with Crippen molar-refractivity contribution in [2.24, 2.45) is 10.9 Å². The molecule has 0 amide bonds. The lowest BCUT2D eigenvalue weighted by molar-refractivity contribution is 0.266. The van der Waals surface area contributed by atoms with Crippen molar-refractivity contribution in [3.05, 3.63) is 47.9 Å². The normalized spacial score (nSPS) is 22.2. The Balaban J connectivity index is 1.49. The Bertz CT molecular complexity index is 915. The lowest BCUT2D eigenvalue weighted by Gasteiger charge is -2.24. The molecule has 6 nitrogen and oxygen atoms in total. The minimum absolute atomic E-state index is 0.507. The summed E-state index contributed by atoms with van der Waals surface area (Å²) in [5.74, 6) is 1.35. The molecule has 1 fully saturated rings. The Labute approximate surface area is 145 Å². The minimum atomic E-state index is -0.990. The van der Waals surface area contributed by atoms with Gasteiger partial charge in [-0.25, -0.2) is 9.98 Å². The number of fused-ring (bicyclic) bond motifs is 1. The fourth-order valence-electron chi connectivity index (χ4n) is 2.81. The molecule has 5 rings (SSSR count). The molecule has 0 bridgehead atoms. The van der Waals surface area contributed by atoms with Gasteiger partial charge in [0, 0.05) is 11.5 Å². The van der Waals surface area contributed by atoms with E-state index in [9.17, 15) is 5.11 Å². The van der Waals surface area contributed by atoms with Crippen LogP contribution < -0.4 is 0 Å². The summed E-state index contributed by atoms with van der Waals surface area (Å²) >= 11 is 0.458. The van der Waals surface area contributed by atoms with Gasteiger partial charge in [0.2, 0.25) is 0 Å². The zero-order chi connectivity index (χ0) is 16.1. The van der Waals surface area contributed by atoms with Gasteiger partial charge in [0.05, 0.1) is 11.2 Å². The molecule has 24 heavy (non-hydrogen) atoms. The van der Waals surface area contributed by atoms with E-state index in [0.29, 0.717) is 10.9 Å². The number of benzene rings is 1. The highest BCUT2D eigenvalue weighted by Crippen LogP contribution is 2.56. The number of nitrogens with zero attached hydrogens (tertiary/aromatic N) is 5. The molecule has 0 spiro atoms. The zero-order valence-corrected chi connectivity index (χ0v) is 14.4. The molecule has 0 saturated heterocycles. The van der Waals surface area contributed by atoms with Crippen LogP contribution in [0.4, 0.5) is 5.82 Å². The monoisotopic (exact) mass is 357 g/mol. The molecule has 2 aromatic heterocycles. The van der Waals surface area contributed by atoms with E-state index in [2.05, 4.69) is 15.2 Å². The molecule has 1 aliphatic heterocycles. The summed E-state index contributed by atoms with van der Waals surface area (Å²) in [5, 5.41) is 22.1. The number of hydrogen-bond donors (Lipinski definition) is 2. The maximum absolute atomic E-state index is 11.0. The van der Waals surface area contributed by atoms with Gasteiger partial charge in [-0.1, -0.05) is 52.7 Å². The van der Waals surface area contributed by atoms with E-state index in [1.807, 2.05) is 34.3 Å². The Kier molecular flexibility index (Phi) is 3.29. The maximum atomic E-state index is 11.0. The molecule has 0 radical (unpaired) electrons. The predicted molar refractivity (Wildman–Crippen MR) is 96.7 cm³/mol. The number of aliphatic imine (C=N–C) groups is 1. The summed E-state index contributed by atoms with van der Waals surface area (Å²) < 4.78 is 2.01. The van der Waals surface area contributed by atoms with Crippen LogP contribution in [0.3, 0.4) is 0 Å². The van der Waals surface area contributed by atoms with E-state index in [-0.39, 0.29) is 0 Å². The summed E-state index contributed by atoms with van der Waals surface area (Å²) in [7, 11) is 0. The van der Waals surface area contributed by atoms with Gasteiger partial charge in [-0.15, -0.1) is 10.2 Å². The second kappa shape index (κ2) is 5.51. The smallest absolute Gasteiger partial charge is 0.162 e. The van der Waals surface area contributed by atoms with E-state index in [1.54, 1.807) is 12.5 Å². The first kappa shape index (κ1) is 14.3. The van der Waals surface area contributed by atoms with Crippen LogP contribution >= 0.6 is 22.4 Å². The van der Waals surface area contributed by atoms with Crippen molar-refractivity contribution in [1.82, 2.24) is 19.2 Å². The van der Waals surface area contributed by atoms with Gasteiger partial charge in [0.25, 0.3) is 0 Å². The topological polar surface area (TPSA) is 76.2 Å². The van der Waals surface area contributed by atoms with E-state index in [1.165, 1.54) is 11.3 Å². The first-order chi connectivity index (χ1) is 11.8. The highest BCUT2D eigenvalue weighted by Gasteiger charge is 2.40. The number of thiol groups is 1. The molecule has 1 saturated carbocycles. The van der Waals surface area contributed by atoms with Crippen LogP contribution in [-0.4, -0.2) is 29.3 Å². The summed E-state index contributed by atoms with van der Waals surface area (Å²) in [4.78, 5) is 8.87. The van der Waals surface area contributed by atoms with Crippen molar-refractivity contribution in [3.8, 4) is 10.6 Å². The molecule has 2 atom stereocenters. The van der Waals surface area contributed by atoms with Crippen molar-refractivity contribution in [1.29, 1.82) is 0 Å². The highest BCUT2D eigenvalue weighted by atomic mass is 32.2. The first-order valence-electron chi connectivity index (χ1n) is 7.78. The van der Waals surface area contributed by atoms with Gasteiger partial charge in [0.1, 0.15) is 11.3 Å². The molecule has 8 heteroatoms. The van der Waals surface area contributed by atoms with Crippen molar-refractivity contribution in [3.63, 3.8) is 0 Å². The second-order valence-corrected chi connectivity index (χ2v) is 8.95. The Morgan fingerprint density at radius 3 is 2.83 bits per heavy atom. The third-order valence-corrected chi connectivity index (χ3v) is 7.77. The first-order valence-corrected chi connectivity index (χ1v) is 9.96. The largest absolute Gasteiger partial charge is 0.375 e. The Hall–Kier alpha value is -2.03. The third kappa shape index (κ3) is 2.29. The quantitative estimate of drug-likeness (QED) is 0.703. The number of aliphatic hydroxyl groups excluding tert-OH is 1. The molecule has 1 aromatic carbocycles. The summed E-state index contributed by atoms with van der Waals surface area (Å²) in [6, 6.07) is 9.93. The maximum Gasteiger partial charge on any atom is 0.162 e. The van der Waals surface area contributed by atoms with Gasteiger partial charge < -0.3 is 5.11 Å². The highest BCUT2D eigenvalue weighted by molar-refractivity contribution is 8.29. The van der Waals surface area contributed by atoms with E-state index in [4.69, 9.17) is 4.99 Å². The van der Waals surface area contributed by atoms with Crippen molar-refractivity contribution >= 4 is 33.3 Å². The van der Waals surface area contributed by atoms with Crippen LogP contribution in [-0.2, 0) is 0 Å². The lowest BCUT2D eigenvalue weighted by Crippen LogP contribution is -2.11. The SMILES string of the molecule is OC(c1nnc(-c2ccccc2)s1)[SH]1C(C2CC2)=Nc2cncn21. The number of rotatable bonds is 4. The Morgan fingerprint density at radius 2 is 2.04 bits per heavy atom. The molecule has 3 aromatic rings. The van der Waals surface area contributed by atoms with Crippen LogP contribution in [0.2, 0.25) is 0 Å².